The number of rotatable bonds is 7. The number of amides is 2. The first-order chi connectivity index (χ1) is 24.0. The van der Waals surface area contributed by atoms with Crippen LogP contribution in [-0.4, -0.2) is 59.8 Å². The van der Waals surface area contributed by atoms with Gasteiger partial charge in [0.15, 0.2) is 5.78 Å². The highest BCUT2D eigenvalue weighted by Crippen LogP contribution is 2.57. The zero-order chi connectivity index (χ0) is 35.0. The lowest BCUT2D eigenvalue weighted by Crippen LogP contribution is -2.46. The molecular formula is C39H44FN3O6S. The van der Waals surface area contributed by atoms with E-state index in [1.807, 2.05) is 42.5 Å². The van der Waals surface area contributed by atoms with Gasteiger partial charge in [-0.25, -0.2) is 17.8 Å². The molecule has 5 atom stereocenters. The number of hydrogen-bond donors (Lipinski definition) is 1. The van der Waals surface area contributed by atoms with Gasteiger partial charge in [0.05, 0.1) is 23.3 Å². The van der Waals surface area contributed by atoms with Gasteiger partial charge in [0, 0.05) is 30.3 Å². The SMILES string of the molecule is Cc1cc(C[C@H]2CCCCC/C=C\[C@H]3C[C@@]3(C(=O)NS(=O)(=O)C3CC3)CC(=O)[C@@H]3C[C@@H](Oc4nccc5ccccc45)CN3C2=O)ccc1F. The second-order valence-electron chi connectivity index (χ2n) is 14.7. The van der Waals surface area contributed by atoms with E-state index in [0.29, 0.717) is 43.5 Å². The van der Waals surface area contributed by atoms with E-state index >= 15 is 0 Å². The summed E-state index contributed by atoms with van der Waals surface area (Å²) in [6.45, 7) is 1.87. The molecule has 0 bridgehead atoms. The number of allylic oxidation sites excluding steroid dienone is 2. The second-order valence-corrected chi connectivity index (χ2v) is 16.6. The Morgan fingerprint density at radius 2 is 1.90 bits per heavy atom. The molecule has 3 heterocycles. The van der Waals surface area contributed by atoms with E-state index in [1.165, 1.54) is 6.07 Å². The highest BCUT2D eigenvalue weighted by atomic mass is 32.2. The highest BCUT2D eigenvalue weighted by molar-refractivity contribution is 7.90. The van der Waals surface area contributed by atoms with Gasteiger partial charge in [-0.15, -0.1) is 0 Å². The maximum absolute atomic E-state index is 14.6. The second kappa shape index (κ2) is 13.9. The normalized spacial score (nSPS) is 28.2. The number of sulfonamides is 1. The fourth-order valence-electron chi connectivity index (χ4n) is 7.78. The third kappa shape index (κ3) is 7.20. The van der Waals surface area contributed by atoms with Crippen LogP contribution >= 0.6 is 0 Å². The topological polar surface area (TPSA) is 123 Å². The van der Waals surface area contributed by atoms with Crippen molar-refractivity contribution in [2.45, 2.75) is 94.9 Å². The summed E-state index contributed by atoms with van der Waals surface area (Å²) in [5, 5.41) is 1.20. The van der Waals surface area contributed by atoms with Crippen LogP contribution in [0.2, 0.25) is 0 Å². The van der Waals surface area contributed by atoms with Crippen LogP contribution in [0.1, 0.15) is 75.3 Å². The standard InChI is InChI=1S/C39H44FN3O6S/c1-25-19-26(13-16-33(25)40)20-28-10-5-3-2-4-6-11-29-22-39(29,38(46)42-50(47,48)31-14-15-31)23-35(44)34-21-30(24-43(34)37(28)45)49-36-32-12-8-7-9-27(32)17-18-41-36/h6-9,11-13,16-19,28-31,34H,2-5,10,14-15,20-24H2,1H3,(H,42,46)/b11-6-/t28-,29+,30-,34+,39-/m1/s1. The fraction of sp³-hybridized carbons (Fsp3) is 0.487. The van der Waals surface area contributed by atoms with Gasteiger partial charge < -0.3 is 9.64 Å². The van der Waals surface area contributed by atoms with Gasteiger partial charge in [-0.2, -0.15) is 0 Å². The third-order valence-electron chi connectivity index (χ3n) is 11.0. The predicted octanol–water partition coefficient (Wildman–Crippen LogP) is 5.98. The number of aromatic nitrogens is 1. The average molecular weight is 702 g/mol. The molecule has 1 N–H and O–H groups in total. The molecule has 50 heavy (non-hydrogen) atoms. The molecule has 2 aliphatic carbocycles. The molecule has 1 saturated heterocycles. The first kappa shape index (κ1) is 34.3. The number of pyridine rings is 1. The summed E-state index contributed by atoms with van der Waals surface area (Å²) in [7, 11) is -3.81. The van der Waals surface area contributed by atoms with Crippen LogP contribution in [0.3, 0.4) is 0 Å². The van der Waals surface area contributed by atoms with Gasteiger partial charge in [-0.3, -0.25) is 19.1 Å². The summed E-state index contributed by atoms with van der Waals surface area (Å²) in [6, 6.07) is 13.7. The van der Waals surface area contributed by atoms with Crippen molar-refractivity contribution in [3.8, 4) is 5.88 Å². The Morgan fingerprint density at radius 3 is 2.70 bits per heavy atom. The number of hydrogen-bond acceptors (Lipinski definition) is 7. The summed E-state index contributed by atoms with van der Waals surface area (Å²) < 4.78 is 48.6. The highest BCUT2D eigenvalue weighted by Gasteiger charge is 2.61. The van der Waals surface area contributed by atoms with Gasteiger partial charge in [-0.1, -0.05) is 55.3 Å². The predicted molar refractivity (Wildman–Crippen MR) is 187 cm³/mol. The minimum Gasteiger partial charge on any atom is -0.472 e. The number of carbonyl (C=O) groups excluding carboxylic acids is 3. The lowest BCUT2D eigenvalue weighted by Gasteiger charge is -2.29. The van der Waals surface area contributed by atoms with Crippen LogP contribution in [0.4, 0.5) is 4.39 Å². The zero-order valence-electron chi connectivity index (χ0n) is 28.4. The molecule has 0 spiro atoms. The Bertz CT molecular complexity index is 1940. The van der Waals surface area contributed by atoms with E-state index < -0.39 is 44.7 Å². The van der Waals surface area contributed by atoms with Crippen molar-refractivity contribution < 1.29 is 31.9 Å². The van der Waals surface area contributed by atoms with Crippen molar-refractivity contribution in [3.63, 3.8) is 0 Å². The van der Waals surface area contributed by atoms with Crippen molar-refractivity contribution >= 4 is 38.4 Å². The molecule has 0 unspecified atom stereocenters. The molecule has 4 aliphatic rings. The molecule has 1 aromatic heterocycles. The number of benzene rings is 2. The quantitative estimate of drug-likeness (QED) is 0.301. The lowest BCUT2D eigenvalue weighted by atomic mass is 9.89. The number of aryl methyl sites for hydroxylation is 1. The molecule has 7 rings (SSSR count). The molecule has 264 valence electrons. The number of ketones is 1. The molecule has 0 radical (unpaired) electrons. The van der Waals surface area contributed by atoms with Crippen LogP contribution < -0.4 is 9.46 Å². The van der Waals surface area contributed by atoms with Crippen LogP contribution in [0, 0.1) is 30.0 Å². The molecule has 9 nitrogen and oxygen atoms in total. The summed E-state index contributed by atoms with van der Waals surface area (Å²) in [6.07, 6.45) is 11.0. The van der Waals surface area contributed by atoms with Crippen LogP contribution in [0.25, 0.3) is 10.8 Å². The Morgan fingerprint density at radius 1 is 1.08 bits per heavy atom. The first-order valence-electron chi connectivity index (χ1n) is 17.9. The minimum absolute atomic E-state index is 0.164. The largest absolute Gasteiger partial charge is 0.472 e. The smallest absolute Gasteiger partial charge is 0.240 e. The van der Waals surface area contributed by atoms with Gasteiger partial charge in [0.1, 0.15) is 11.9 Å². The van der Waals surface area contributed by atoms with Crippen LogP contribution in [0.15, 0.2) is 66.9 Å². The van der Waals surface area contributed by atoms with Gasteiger partial charge in [0.25, 0.3) is 0 Å². The van der Waals surface area contributed by atoms with Gasteiger partial charge in [0.2, 0.25) is 27.7 Å². The lowest BCUT2D eigenvalue weighted by molar-refractivity contribution is -0.142. The molecule has 3 aromatic rings. The molecule has 11 heteroatoms. The number of carbonyl (C=O) groups is 3. The maximum atomic E-state index is 14.6. The molecular weight excluding hydrogens is 658 g/mol. The Balaban J connectivity index is 1.20. The Labute approximate surface area is 292 Å². The van der Waals surface area contributed by atoms with E-state index in [2.05, 4.69) is 9.71 Å². The van der Waals surface area contributed by atoms with Crippen LogP contribution in [-0.2, 0) is 30.8 Å². The number of halogens is 1. The summed E-state index contributed by atoms with van der Waals surface area (Å²) in [4.78, 5) is 48.9. The van der Waals surface area contributed by atoms with Crippen molar-refractivity contribution in [1.29, 1.82) is 0 Å². The summed E-state index contributed by atoms with van der Waals surface area (Å²) >= 11 is 0. The Kier molecular flexibility index (Phi) is 9.54. The van der Waals surface area contributed by atoms with Crippen molar-refractivity contribution in [2.24, 2.45) is 17.3 Å². The first-order valence-corrected chi connectivity index (χ1v) is 19.4. The Hall–Kier alpha value is -4.12. The van der Waals surface area contributed by atoms with E-state index in [-0.39, 0.29) is 42.8 Å². The van der Waals surface area contributed by atoms with Crippen molar-refractivity contribution in [2.75, 3.05) is 6.54 Å². The number of nitrogens with one attached hydrogen (secondary N) is 1. The third-order valence-corrected chi connectivity index (χ3v) is 12.8. The molecule has 2 saturated carbocycles. The van der Waals surface area contributed by atoms with Crippen molar-refractivity contribution in [1.82, 2.24) is 14.6 Å². The average Bonchev–Trinajstić information content (AvgIpc) is 4.02. The number of Topliss-reactive ketones (excluding diaryl/α,β-unsaturated/α-hetero) is 1. The van der Waals surface area contributed by atoms with Crippen molar-refractivity contribution in [3.05, 3.63) is 83.8 Å². The van der Waals surface area contributed by atoms with Gasteiger partial charge in [-0.05, 0) is 92.5 Å². The van der Waals surface area contributed by atoms with E-state index in [4.69, 9.17) is 4.74 Å². The number of ether oxygens (including phenoxy) is 1. The number of fused-ring (bicyclic) bond motifs is 3. The monoisotopic (exact) mass is 701 g/mol. The maximum Gasteiger partial charge on any atom is 0.240 e. The molecule has 2 aliphatic heterocycles. The van der Waals surface area contributed by atoms with E-state index in [9.17, 15) is 27.2 Å². The molecule has 2 aromatic carbocycles. The molecule has 2 amide bonds. The van der Waals surface area contributed by atoms with E-state index in [1.54, 1.807) is 30.2 Å². The summed E-state index contributed by atoms with van der Waals surface area (Å²) in [5.41, 5.74) is 0.174. The van der Waals surface area contributed by atoms with E-state index in [0.717, 1.165) is 42.0 Å². The summed E-state index contributed by atoms with van der Waals surface area (Å²) in [5.74, 6) is -1.68. The minimum atomic E-state index is -3.81. The van der Waals surface area contributed by atoms with Crippen LogP contribution in [0.5, 0.6) is 5.88 Å². The fourth-order valence-corrected chi connectivity index (χ4v) is 9.17. The number of nitrogens with zero attached hydrogens (tertiary/aromatic N) is 2. The van der Waals surface area contributed by atoms with Gasteiger partial charge >= 0.3 is 0 Å². The molecule has 3 fully saturated rings. The zero-order valence-corrected chi connectivity index (χ0v) is 29.2.